The van der Waals surface area contributed by atoms with Crippen LogP contribution in [-0.2, 0) is 10.2 Å². The Morgan fingerprint density at radius 2 is 2.14 bits per heavy atom. The molecule has 0 atom stereocenters. The molecule has 1 N–H and O–H groups in total. The summed E-state index contributed by atoms with van der Waals surface area (Å²) < 4.78 is 0. The molecule has 0 saturated carbocycles. The molecule has 0 aliphatic heterocycles. The Labute approximate surface area is 83.0 Å². The van der Waals surface area contributed by atoms with E-state index in [9.17, 15) is 4.79 Å². The maximum atomic E-state index is 10.6. The van der Waals surface area contributed by atoms with Crippen LogP contribution in [0.5, 0.6) is 0 Å². The summed E-state index contributed by atoms with van der Waals surface area (Å²) in [5, 5.41) is 8.74. The Hall–Kier alpha value is -1.45. The average Bonchev–Trinajstić information content (AvgIpc) is 2.01. The molecule has 0 amide bonds. The molecule has 0 radical (unpaired) electrons. The van der Waals surface area contributed by atoms with Crippen LogP contribution in [-0.4, -0.2) is 21.0 Å². The van der Waals surface area contributed by atoms with E-state index in [1.165, 1.54) is 6.33 Å². The number of hydrogen-bond donors (Lipinski definition) is 1. The van der Waals surface area contributed by atoms with Crippen molar-refractivity contribution in [2.45, 2.75) is 32.6 Å². The van der Waals surface area contributed by atoms with Gasteiger partial charge in [-0.2, -0.15) is 0 Å². The van der Waals surface area contributed by atoms with Crippen molar-refractivity contribution < 1.29 is 9.90 Å². The van der Waals surface area contributed by atoms with Gasteiger partial charge in [-0.3, -0.25) is 4.79 Å². The lowest BCUT2D eigenvalue weighted by Gasteiger charge is -2.21. The van der Waals surface area contributed by atoms with Gasteiger partial charge in [-0.05, 0) is 13.0 Å². The topological polar surface area (TPSA) is 63.1 Å². The third kappa shape index (κ3) is 2.52. The molecule has 1 aromatic rings. The van der Waals surface area contributed by atoms with Crippen LogP contribution in [0.15, 0.2) is 12.4 Å². The number of aliphatic carboxylic acids is 1. The fourth-order valence-electron chi connectivity index (χ4n) is 1.29. The van der Waals surface area contributed by atoms with Gasteiger partial charge in [0, 0.05) is 11.1 Å². The summed E-state index contributed by atoms with van der Waals surface area (Å²) in [7, 11) is 0. The zero-order valence-electron chi connectivity index (χ0n) is 8.61. The summed E-state index contributed by atoms with van der Waals surface area (Å²) in [5.41, 5.74) is 1.18. The van der Waals surface area contributed by atoms with Crippen molar-refractivity contribution in [3.05, 3.63) is 23.8 Å². The molecule has 0 saturated heterocycles. The van der Waals surface area contributed by atoms with Crippen LogP contribution in [0.4, 0.5) is 0 Å². The van der Waals surface area contributed by atoms with E-state index >= 15 is 0 Å². The second-order valence-corrected chi connectivity index (χ2v) is 4.00. The Morgan fingerprint density at radius 3 is 2.64 bits per heavy atom. The predicted octanol–water partition coefficient (Wildman–Crippen LogP) is 1.54. The molecule has 1 aromatic heterocycles. The smallest absolute Gasteiger partial charge is 0.304 e. The number of nitrogens with zero attached hydrogens (tertiary/aromatic N) is 2. The number of aromatic nitrogens is 2. The largest absolute Gasteiger partial charge is 0.481 e. The monoisotopic (exact) mass is 194 g/mol. The quantitative estimate of drug-likeness (QED) is 0.792. The molecule has 4 heteroatoms. The first-order chi connectivity index (χ1) is 6.42. The van der Waals surface area contributed by atoms with E-state index in [1.54, 1.807) is 0 Å². The van der Waals surface area contributed by atoms with E-state index in [0.29, 0.717) is 0 Å². The van der Waals surface area contributed by atoms with Crippen molar-refractivity contribution in [1.82, 2.24) is 9.97 Å². The summed E-state index contributed by atoms with van der Waals surface area (Å²) in [6.45, 7) is 5.59. The average molecular weight is 194 g/mol. The van der Waals surface area contributed by atoms with Gasteiger partial charge in [0.2, 0.25) is 0 Å². The van der Waals surface area contributed by atoms with Crippen molar-refractivity contribution >= 4 is 5.97 Å². The van der Waals surface area contributed by atoms with Crippen LogP contribution in [0.2, 0.25) is 0 Å². The van der Waals surface area contributed by atoms with E-state index in [0.717, 1.165) is 11.4 Å². The number of hydrogen-bond acceptors (Lipinski definition) is 3. The fraction of sp³-hybridized carbons (Fsp3) is 0.500. The molecule has 0 fully saturated rings. The van der Waals surface area contributed by atoms with Gasteiger partial charge in [0.15, 0.2) is 0 Å². The van der Waals surface area contributed by atoms with E-state index in [-0.39, 0.29) is 6.42 Å². The van der Waals surface area contributed by atoms with Crippen molar-refractivity contribution in [3.63, 3.8) is 0 Å². The maximum Gasteiger partial charge on any atom is 0.304 e. The van der Waals surface area contributed by atoms with Crippen LogP contribution in [0.25, 0.3) is 0 Å². The Kier molecular flexibility index (Phi) is 2.84. The van der Waals surface area contributed by atoms with Gasteiger partial charge in [-0.25, -0.2) is 9.97 Å². The zero-order valence-corrected chi connectivity index (χ0v) is 8.61. The number of rotatable bonds is 3. The number of carbonyl (C=O) groups is 1. The fourth-order valence-corrected chi connectivity index (χ4v) is 1.29. The van der Waals surface area contributed by atoms with Crippen LogP contribution < -0.4 is 0 Å². The summed E-state index contributed by atoms with van der Waals surface area (Å²) in [5.74, 6) is -0.814. The lowest BCUT2D eigenvalue weighted by molar-refractivity contribution is -0.138. The van der Waals surface area contributed by atoms with Crippen LogP contribution in [0, 0.1) is 6.92 Å². The lowest BCUT2D eigenvalue weighted by atomic mass is 9.85. The van der Waals surface area contributed by atoms with Gasteiger partial charge < -0.3 is 5.11 Å². The van der Waals surface area contributed by atoms with E-state index in [2.05, 4.69) is 9.97 Å². The van der Waals surface area contributed by atoms with Crippen LogP contribution >= 0.6 is 0 Å². The SMILES string of the molecule is Cc1cc(C(C)(C)CC(=O)O)ncn1. The van der Waals surface area contributed by atoms with Gasteiger partial charge in [-0.15, -0.1) is 0 Å². The minimum absolute atomic E-state index is 0.0729. The molecule has 0 spiro atoms. The second-order valence-electron chi connectivity index (χ2n) is 4.00. The highest BCUT2D eigenvalue weighted by molar-refractivity contribution is 5.68. The van der Waals surface area contributed by atoms with Crippen molar-refractivity contribution in [2.24, 2.45) is 0 Å². The molecule has 0 aliphatic rings. The molecule has 0 aromatic carbocycles. The highest BCUT2D eigenvalue weighted by atomic mass is 16.4. The first-order valence-electron chi connectivity index (χ1n) is 4.43. The van der Waals surface area contributed by atoms with Crippen molar-refractivity contribution in [1.29, 1.82) is 0 Å². The number of carboxylic acids is 1. The standard InChI is InChI=1S/C10H14N2O2/c1-7-4-8(12-6-11-7)10(2,3)5-9(13)14/h4,6H,5H2,1-3H3,(H,13,14). The Balaban J connectivity index is 2.97. The molecule has 0 aliphatic carbocycles. The van der Waals surface area contributed by atoms with Gasteiger partial charge in [-0.1, -0.05) is 13.8 Å². The second kappa shape index (κ2) is 3.74. The van der Waals surface area contributed by atoms with E-state index in [1.807, 2.05) is 26.8 Å². The molecule has 0 unspecified atom stereocenters. The lowest BCUT2D eigenvalue weighted by Crippen LogP contribution is -2.23. The van der Waals surface area contributed by atoms with Crippen LogP contribution in [0.3, 0.4) is 0 Å². The minimum Gasteiger partial charge on any atom is -0.481 e. The predicted molar refractivity (Wildman–Crippen MR) is 52.0 cm³/mol. The number of aryl methyl sites for hydroxylation is 1. The molecule has 4 nitrogen and oxygen atoms in total. The number of carboxylic acid groups (broad SMARTS) is 1. The summed E-state index contributed by atoms with van der Waals surface area (Å²) in [4.78, 5) is 18.7. The zero-order chi connectivity index (χ0) is 10.8. The summed E-state index contributed by atoms with van der Waals surface area (Å²) in [6, 6.07) is 1.82. The third-order valence-electron chi connectivity index (χ3n) is 2.09. The Bertz CT molecular complexity index is 348. The minimum atomic E-state index is -0.814. The molecule has 76 valence electrons. The summed E-state index contributed by atoms with van der Waals surface area (Å²) in [6.07, 6.45) is 1.54. The van der Waals surface area contributed by atoms with E-state index < -0.39 is 11.4 Å². The van der Waals surface area contributed by atoms with Crippen molar-refractivity contribution in [3.8, 4) is 0 Å². The maximum absolute atomic E-state index is 10.6. The highest BCUT2D eigenvalue weighted by Crippen LogP contribution is 2.24. The van der Waals surface area contributed by atoms with E-state index in [4.69, 9.17) is 5.11 Å². The molecular formula is C10H14N2O2. The van der Waals surface area contributed by atoms with Gasteiger partial charge >= 0.3 is 5.97 Å². The molecule has 1 heterocycles. The molecule has 14 heavy (non-hydrogen) atoms. The highest BCUT2D eigenvalue weighted by Gasteiger charge is 2.25. The normalized spacial score (nSPS) is 11.4. The van der Waals surface area contributed by atoms with Crippen molar-refractivity contribution in [2.75, 3.05) is 0 Å². The molecule has 1 rings (SSSR count). The summed E-state index contributed by atoms with van der Waals surface area (Å²) >= 11 is 0. The van der Waals surface area contributed by atoms with Gasteiger partial charge in [0.1, 0.15) is 6.33 Å². The van der Waals surface area contributed by atoms with Crippen LogP contribution in [0.1, 0.15) is 31.7 Å². The van der Waals surface area contributed by atoms with Gasteiger partial charge in [0.25, 0.3) is 0 Å². The molecular weight excluding hydrogens is 180 g/mol. The first kappa shape index (κ1) is 10.6. The first-order valence-corrected chi connectivity index (χ1v) is 4.43. The Morgan fingerprint density at radius 1 is 1.50 bits per heavy atom. The molecule has 0 bridgehead atoms. The third-order valence-corrected chi connectivity index (χ3v) is 2.09. The van der Waals surface area contributed by atoms with Gasteiger partial charge in [0.05, 0.1) is 12.1 Å².